The predicted octanol–water partition coefficient (Wildman–Crippen LogP) is 1.43. The van der Waals surface area contributed by atoms with E-state index in [0.29, 0.717) is 30.6 Å². The van der Waals surface area contributed by atoms with E-state index in [-0.39, 0.29) is 35.2 Å². The summed E-state index contributed by atoms with van der Waals surface area (Å²) in [7, 11) is 0. The van der Waals surface area contributed by atoms with Gasteiger partial charge in [0.2, 0.25) is 0 Å². The number of H-pyrrole nitrogens is 1. The van der Waals surface area contributed by atoms with E-state index in [4.69, 9.17) is 0 Å². The van der Waals surface area contributed by atoms with E-state index in [1.807, 2.05) is 13.8 Å². The molecule has 0 aromatic carbocycles. The van der Waals surface area contributed by atoms with Crippen LogP contribution in [0.3, 0.4) is 0 Å². The molecule has 0 spiro atoms. The third-order valence-corrected chi connectivity index (χ3v) is 4.59. The summed E-state index contributed by atoms with van der Waals surface area (Å²) in [5, 5.41) is 6.10. The first kappa shape index (κ1) is 18.7. The van der Waals surface area contributed by atoms with Crippen LogP contribution in [0.1, 0.15) is 59.5 Å². The molecule has 7 heteroatoms. The van der Waals surface area contributed by atoms with Gasteiger partial charge in [-0.15, -0.1) is 12.4 Å². The second kappa shape index (κ2) is 7.07. The zero-order valence-corrected chi connectivity index (χ0v) is 14.8. The average molecular weight is 354 g/mol. The summed E-state index contributed by atoms with van der Waals surface area (Å²) in [6.45, 7) is 5.67. The lowest BCUT2D eigenvalue weighted by atomic mass is 9.75. The number of amides is 1. The lowest BCUT2D eigenvalue weighted by Gasteiger charge is -2.30. The molecule has 1 amide bonds. The highest BCUT2D eigenvalue weighted by Crippen LogP contribution is 2.33. The quantitative estimate of drug-likeness (QED) is 0.750. The molecule has 1 aromatic rings. The number of carbonyl (C=O) groups is 2. The Morgan fingerprint density at radius 3 is 2.71 bits per heavy atom. The number of hydrogen-bond donors (Lipinski definition) is 3. The van der Waals surface area contributed by atoms with Crippen LogP contribution in [-0.2, 0) is 6.42 Å². The third-order valence-electron chi connectivity index (χ3n) is 4.59. The van der Waals surface area contributed by atoms with Crippen molar-refractivity contribution in [3.05, 3.63) is 33.2 Å². The number of pyridine rings is 1. The van der Waals surface area contributed by atoms with Crippen molar-refractivity contribution in [1.29, 1.82) is 0 Å². The van der Waals surface area contributed by atoms with Crippen molar-refractivity contribution >= 4 is 24.1 Å². The number of halogens is 1. The molecule has 6 nitrogen and oxygen atoms in total. The van der Waals surface area contributed by atoms with E-state index in [1.165, 1.54) is 6.07 Å². The van der Waals surface area contributed by atoms with Crippen molar-refractivity contribution in [2.75, 3.05) is 13.1 Å². The molecule has 1 aromatic heterocycles. The number of hydrogen-bond acceptors (Lipinski definition) is 4. The molecule has 1 aliphatic carbocycles. The largest absolute Gasteiger partial charge is 0.348 e. The van der Waals surface area contributed by atoms with Gasteiger partial charge < -0.3 is 15.6 Å². The maximum atomic E-state index is 12.4. The second-order valence-electron chi connectivity index (χ2n) is 7.36. The first-order valence-corrected chi connectivity index (χ1v) is 8.17. The van der Waals surface area contributed by atoms with Crippen LogP contribution in [0.4, 0.5) is 0 Å². The van der Waals surface area contributed by atoms with Crippen molar-refractivity contribution in [1.82, 2.24) is 15.6 Å². The molecule has 24 heavy (non-hydrogen) atoms. The maximum Gasteiger partial charge on any atom is 0.261 e. The van der Waals surface area contributed by atoms with Crippen molar-refractivity contribution in [3.63, 3.8) is 0 Å². The summed E-state index contributed by atoms with van der Waals surface area (Å²) in [6, 6.07) is 1.50. The Labute approximate surface area is 147 Å². The fourth-order valence-electron chi connectivity index (χ4n) is 3.43. The zero-order chi connectivity index (χ0) is 16.6. The summed E-state index contributed by atoms with van der Waals surface area (Å²) >= 11 is 0. The molecule has 3 N–H and O–H groups in total. The van der Waals surface area contributed by atoms with E-state index in [1.54, 1.807) is 0 Å². The molecule has 2 aliphatic rings. The molecule has 1 saturated heterocycles. The Balaban J connectivity index is 0.00000208. The number of nitrogens with one attached hydrogen (secondary N) is 3. The molecule has 3 rings (SSSR count). The highest BCUT2D eigenvalue weighted by Gasteiger charge is 2.32. The monoisotopic (exact) mass is 353 g/mol. The van der Waals surface area contributed by atoms with Crippen LogP contribution in [0.2, 0.25) is 0 Å². The average Bonchev–Trinajstić information content (AvgIpc) is 2.46. The number of aromatic amines is 1. The number of aromatic nitrogens is 1. The van der Waals surface area contributed by atoms with Crippen LogP contribution in [0, 0.1) is 5.41 Å². The smallest absolute Gasteiger partial charge is 0.261 e. The van der Waals surface area contributed by atoms with Gasteiger partial charge in [-0.25, -0.2) is 0 Å². The zero-order valence-electron chi connectivity index (χ0n) is 14.0. The number of Topliss-reactive ketones (excluding diaryl/α,β-unsaturated/α-hetero) is 1. The van der Waals surface area contributed by atoms with Gasteiger partial charge in [0.15, 0.2) is 5.78 Å². The molecular weight excluding hydrogens is 330 g/mol. The Morgan fingerprint density at radius 1 is 1.29 bits per heavy atom. The fraction of sp³-hybridized carbons (Fsp3) is 0.588. The Morgan fingerprint density at radius 2 is 2.04 bits per heavy atom. The van der Waals surface area contributed by atoms with Gasteiger partial charge in [-0.1, -0.05) is 13.8 Å². The molecule has 1 fully saturated rings. The minimum absolute atomic E-state index is 0. The lowest BCUT2D eigenvalue weighted by molar-refractivity contribution is 0.0910. The number of fused-ring (bicyclic) bond motifs is 1. The van der Waals surface area contributed by atoms with Gasteiger partial charge in [-0.2, -0.15) is 0 Å². The van der Waals surface area contributed by atoms with Crippen LogP contribution in [0.15, 0.2) is 10.9 Å². The fourth-order valence-corrected chi connectivity index (χ4v) is 3.43. The van der Waals surface area contributed by atoms with E-state index in [2.05, 4.69) is 15.6 Å². The van der Waals surface area contributed by atoms with Gasteiger partial charge in [0, 0.05) is 30.3 Å². The molecule has 0 bridgehead atoms. The van der Waals surface area contributed by atoms with E-state index >= 15 is 0 Å². The number of ketones is 1. The first-order chi connectivity index (χ1) is 10.9. The molecule has 2 heterocycles. The van der Waals surface area contributed by atoms with Crippen LogP contribution in [-0.4, -0.2) is 35.8 Å². The molecule has 0 radical (unpaired) electrons. The third kappa shape index (κ3) is 3.87. The van der Waals surface area contributed by atoms with Crippen LogP contribution in [0.5, 0.6) is 0 Å². The van der Waals surface area contributed by atoms with Crippen molar-refractivity contribution in [3.8, 4) is 0 Å². The molecule has 132 valence electrons. The normalized spacial score (nSPS) is 22.2. The van der Waals surface area contributed by atoms with Crippen LogP contribution < -0.4 is 16.2 Å². The van der Waals surface area contributed by atoms with Gasteiger partial charge in [0.05, 0.1) is 0 Å². The minimum atomic E-state index is -0.421. The highest BCUT2D eigenvalue weighted by atomic mass is 35.5. The van der Waals surface area contributed by atoms with E-state index < -0.39 is 11.5 Å². The molecule has 0 unspecified atom stereocenters. The van der Waals surface area contributed by atoms with Gasteiger partial charge in [0.1, 0.15) is 5.56 Å². The lowest BCUT2D eigenvalue weighted by Crippen LogP contribution is -2.46. The molecular formula is C17H24ClN3O3. The van der Waals surface area contributed by atoms with Crippen molar-refractivity contribution in [2.45, 2.75) is 45.6 Å². The molecule has 0 saturated carbocycles. The molecule has 1 atom stereocenters. The van der Waals surface area contributed by atoms with Crippen LogP contribution in [0.25, 0.3) is 0 Å². The standard InChI is InChI=1S/C17H23N3O3.ClH/c1-17(2)7-13-11(14(21)8-17)6-12(16(23)20-13)15(22)19-10-4-3-5-18-9-10;/h6,10,18H,3-5,7-9H2,1-2H3,(H,19,22)(H,20,23);1H/t10-;/m0./s1. The van der Waals surface area contributed by atoms with E-state index in [9.17, 15) is 14.4 Å². The van der Waals surface area contributed by atoms with Gasteiger partial charge in [-0.3, -0.25) is 14.4 Å². The predicted molar refractivity (Wildman–Crippen MR) is 94.1 cm³/mol. The number of rotatable bonds is 2. The van der Waals surface area contributed by atoms with Crippen molar-refractivity contribution in [2.24, 2.45) is 5.41 Å². The van der Waals surface area contributed by atoms with Crippen molar-refractivity contribution < 1.29 is 9.59 Å². The van der Waals surface area contributed by atoms with Gasteiger partial charge >= 0.3 is 0 Å². The Hall–Kier alpha value is -1.66. The maximum absolute atomic E-state index is 12.4. The second-order valence-corrected chi connectivity index (χ2v) is 7.36. The summed E-state index contributed by atoms with van der Waals surface area (Å²) in [4.78, 5) is 39.7. The summed E-state index contributed by atoms with van der Waals surface area (Å²) in [6.07, 6.45) is 2.96. The molecule has 1 aliphatic heterocycles. The number of piperidine rings is 1. The number of carbonyl (C=O) groups excluding carboxylic acids is 2. The highest BCUT2D eigenvalue weighted by molar-refractivity contribution is 6.02. The van der Waals surface area contributed by atoms with Crippen LogP contribution >= 0.6 is 12.4 Å². The summed E-state index contributed by atoms with van der Waals surface area (Å²) in [5.41, 5.74) is 0.575. The van der Waals surface area contributed by atoms with Gasteiger partial charge in [-0.05, 0) is 37.3 Å². The van der Waals surface area contributed by atoms with Gasteiger partial charge in [0.25, 0.3) is 11.5 Å². The SMILES string of the molecule is CC1(C)CC(=O)c2cc(C(=O)N[C@H]3CCCNC3)c(=O)[nH]c2C1.Cl. The topological polar surface area (TPSA) is 91.1 Å². The summed E-state index contributed by atoms with van der Waals surface area (Å²) in [5.74, 6) is -0.415. The first-order valence-electron chi connectivity index (χ1n) is 8.17. The Kier molecular flexibility index (Phi) is 5.50. The summed E-state index contributed by atoms with van der Waals surface area (Å²) < 4.78 is 0. The van der Waals surface area contributed by atoms with E-state index in [0.717, 1.165) is 19.4 Å². The minimum Gasteiger partial charge on any atom is -0.348 e. The Bertz CT molecular complexity index is 706.